The van der Waals surface area contributed by atoms with Gasteiger partial charge in [0.15, 0.2) is 0 Å². The number of methoxy groups -OCH3 is 1. The Morgan fingerprint density at radius 1 is 1.38 bits per heavy atom. The summed E-state index contributed by atoms with van der Waals surface area (Å²) in [5, 5.41) is 8.02. The van der Waals surface area contributed by atoms with E-state index in [4.69, 9.17) is 10.5 Å². The molecule has 0 bridgehead atoms. The Balaban J connectivity index is 2.30. The van der Waals surface area contributed by atoms with Gasteiger partial charge in [-0.2, -0.15) is 5.10 Å². The standard InChI is InChI=1S/C11H14N4O/c1-7-5-9(12)14-15-11(7)8-3-4-10(16-2)13-6-8/h3-4,6-7H,5H2,1-2H3,(H2,12,14). The zero-order valence-electron chi connectivity index (χ0n) is 9.34. The highest BCUT2D eigenvalue weighted by Gasteiger charge is 2.18. The van der Waals surface area contributed by atoms with Crippen molar-refractivity contribution in [1.29, 1.82) is 0 Å². The van der Waals surface area contributed by atoms with Gasteiger partial charge in [-0.25, -0.2) is 4.98 Å². The average molecular weight is 218 g/mol. The Kier molecular flexibility index (Phi) is 2.85. The lowest BCUT2D eigenvalue weighted by atomic mass is 9.95. The fourth-order valence-electron chi connectivity index (χ4n) is 1.66. The second-order valence-corrected chi connectivity index (χ2v) is 3.77. The number of nitrogens with zero attached hydrogens (tertiary/aromatic N) is 3. The van der Waals surface area contributed by atoms with Gasteiger partial charge < -0.3 is 10.5 Å². The molecule has 2 N–H and O–H groups in total. The lowest BCUT2D eigenvalue weighted by molar-refractivity contribution is 0.398. The fourth-order valence-corrected chi connectivity index (χ4v) is 1.66. The van der Waals surface area contributed by atoms with Gasteiger partial charge >= 0.3 is 0 Å². The van der Waals surface area contributed by atoms with Crippen LogP contribution in [0.15, 0.2) is 28.5 Å². The van der Waals surface area contributed by atoms with Crippen molar-refractivity contribution in [3.05, 3.63) is 23.9 Å². The van der Waals surface area contributed by atoms with Crippen LogP contribution in [-0.2, 0) is 0 Å². The number of ether oxygens (including phenoxy) is 1. The summed E-state index contributed by atoms with van der Waals surface area (Å²) in [6.07, 6.45) is 2.48. The van der Waals surface area contributed by atoms with Crippen molar-refractivity contribution in [3.63, 3.8) is 0 Å². The highest BCUT2D eigenvalue weighted by atomic mass is 16.5. The van der Waals surface area contributed by atoms with E-state index >= 15 is 0 Å². The average Bonchev–Trinajstić information content (AvgIpc) is 2.29. The van der Waals surface area contributed by atoms with Gasteiger partial charge in [-0.15, -0.1) is 5.10 Å². The number of nitrogens with two attached hydrogens (primary N) is 1. The van der Waals surface area contributed by atoms with Crippen LogP contribution in [0.1, 0.15) is 18.9 Å². The third-order valence-electron chi connectivity index (χ3n) is 2.51. The molecular weight excluding hydrogens is 204 g/mol. The van der Waals surface area contributed by atoms with Crippen LogP contribution in [0.4, 0.5) is 0 Å². The second-order valence-electron chi connectivity index (χ2n) is 3.77. The third-order valence-corrected chi connectivity index (χ3v) is 2.51. The SMILES string of the molecule is COc1ccc(C2=NN=C(N)CC2C)cn1. The molecule has 84 valence electrons. The molecule has 0 amide bonds. The van der Waals surface area contributed by atoms with Gasteiger partial charge in [0.25, 0.3) is 0 Å². The lowest BCUT2D eigenvalue weighted by Crippen LogP contribution is -2.25. The van der Waals surface area contributed by atoms with Crippen molar-refractivity contribution in [3.8, 4) is 5.88 Å². The van der Waals surface area contributed by atoms with E-state index in [0.717, 1.165) is 17.7 Å². The molecule has 0 aliphatic carbocycles. The number of hydrogen-bond donors (Lipinski definition) is 1. The van der Waals surface area contributed by atoms with Crippen molar-refractivity contribution < 1.29 is 4.74 Å². The maximum atomic E-state index is 5.62. The Bertz CT molecular complexity index is 436. The number of amidine groups is 1. The molecular formula is C11H14N4O. The molecule has 5 nitrogen and oxygen atoms in total. The van der Waals surface area contributed by atoms with Crippen LogP contribution in [0.3, 0.4) is 0 Å². The van der Waals surface area contributed by atoms with Gasteiger partial charge in [0.05, 0.1) is 12.8 Å². The first-order valence-electron chi connectivity index (χ1n) is 5.11. The van der Waals surface area contributed by atoms with Crippen LogP contribution < -0.4 is 10.5 Å². The highest BCUT2D eigenvalue weighted by Crippen LogP contribution is 2.18. The van der Waals surface area contributed by atoms with Gasteiger partial charge in [-0.05, 0) is 6.07 Å². The molecule has 0 spiro atoms. The minimum absolute atomic E-state index is 0.271. The van der Waals surface area contributed by atoms with Gasteiger partial charge in [0, 0.05) is 30.2 Å². The van der Waals surface area contributed by atoms with Gasteiger partial charge in [-0.3, -0.25) is 0 Å². The molecule has 0 fully saturated rings. The van der Waals surface area contributed by atoms with E-state index in [2.05, 4.69) is 22.1 Å². The molecule has 16 heavy (non-hydrogen) atoms. The Morgan fingerprint density at radius 2 is 2.19 bits per heavy atom. The monoisotopic (exact) mass is 218 g/mol. The third kappa shape index (κ3) is 2.03. The maximum absolute atomic E-state index is 5.62. The maximum Gasteiger partial charge on any atom is 0.212 e. The minimum atomic E-state index is 0.271. The summed E-state index contributed by atoms with van der Waals surface area (Å²) in [4.78, 5) is 4.14. The molecule has 1 aromatic rings. The van der Waals surface area contributed by atoms with Crippen molar-refractivity contribution in [2.45, 2.75) is 13.3 Å². The largest absolute Gasteiger partial charge is 0.481 e. The summed E-state index contributed by atoms with van der Waals surface area (Å²) in [6.45, 7) is 2.07. The Hall–Kier alpha value is -1.91. The van der Waals surface area contributed by atoms with Gasteiger partial charge in [0.2, 0.25) is 5.88 Å². The summed E-state index contributed by atoms with van der Waals surface area (Å²) in [7, 11) is 1.59. The van der Waals surface area contributed by atoms with E-state index in [1.165, 1.54) is 0 Å². The summed E-state index contributed by atoms with van der Waals surface area (Å²) < 4.78 is 5.00. The van der Waals surface area contributed by atoms with E-state index in [0.29, 0.717) is 11.7 Å². The first kappa shape index (κ1) is 10.6. The van der Waals surface area contributed by atoms with E-state index < -0.39 is 0 Å². The zero-order valence-corrected chi connectivity index (χ0v) is 9.34. The first-order chi connectivity index (χ1) is 7.70. The normalized spacial score (nSPS) is 20.0. The van der Waals surface area contributed by atoms with Crippen LogP contribution in [0.25, 0.3) is 0 Å². The Labute approximate surface area is 94.0 Å². The number of rotatable bonds is 2. The molecule has 2 heterocycles. The summed E-state index contributed by atoms with van der Waals surface area (Å²) in [5.74, 6) is 1.45. The molecule has 1 unspecified atom stereocenters. The van der Waals surface area contributed by atoms with Crippen LogP contribution >= 0.6 is 0 Å². The molecule has 0 radical (unpaired) electrons. The molecule has 2 rings (SSSR count). The molecule has 1 aromatic heterocycles. The minimum Gasteiger partial charge on any atom is -0.481 e. The molecule has 1 aliphatic rings. The smallest absolute Gasteiger partial charge is 0.212 e. The second kappa shape index (κ2) is 4.30. The molecule has 1 atom stereocenters. The Morgan fingerprint density at radius 3 is 2.75 bits per heavy atom. The van der Waals surface area contributed by atoms with Crippen LogP contribution in [0, 0.1) is 5.92 Å². The van der Waals surface area contributed by atoms with Crippen LogP contribution in [0.5, 0.6) is 5.88 Å². The van der Waals surface area contributed by atoms with Crippen LogP contribution in [-0.4, -0.2) is 23.6 Å². The number of hydrogen-bond acceptors (Lipinski definition) is 5. The molecule has 0 saturated heterocycles. The van der Waals surface area contributed by atoms with Crippen LogP contribution in [0.2, 0.25) is 0 Å². The summed E-state index contributed by atoms with van der Waals surface area (Å²) in [6, 6.07) is 3.74. The quantitative estimate of drug-likeness (QED) is 0.810. The van der Waals surface area contributed by atoms with Gasteiger partial charge in [-0.1, -0.05) is 6.92 Å². The lowest BCUT2D eigenvalue weighted by Gasteiger charge is -2.16. The van der Waals surface area contributed by atoms with Crippen molar-refractivity contribution in [2.24, 2.45) is 21.9 Å². The molecule has 0 saturated carbocycles. The molecule has 5 heteroatoms. The van der Waals surface area contributed by atoms with Crippen molar-refractivity contribution in [2.75, 3.05) is 7.11 Å². The number of aromatic nitrogens is 1. The molecule has 0 aromatic carbocycles. The number of pyridine rings is 1. The zero-order chi connectivity index (χ0) is 11.5. The van der Waals surface area contributed by atoms with E-state index in [1.54, 1.807) is 13.3 Å². The first-order valence-corrected chi connectivity index (χ1v) is 5.11. The van der Waals surface area contributed by atoms with E-state index in [1.807, 2.05) is 12.1 Å². The highest BCUT2D eigenvalue weighted by molar-refractivity contribution is 6.05. The van der Waals surface area contributed by atoms with Gasteiger partial charge in [0.1, 0.15) is 5.84 Å². The van der Waals surface area contributed by atoms with Crippen molar-refractivity contribution in [1.82, 2.24) is 4.98 Å². The van der Waals surface area contributed by atoms with Crippen molar-refractivity contribution >= 4 is 11.5 Å². The fraction of sp³-hybridized carbons (Fsp3) is 0.364. The topological polar surface area (TPSA) is 72.9 Å². The molecule has 1 aliphatic heterocycles. The van der Waals surface area contributed by atoms with E-state index in [9.17, 15) is 0 Å². The summed E-state index contributed by atoms with van der Waals surface area (Å²) >= 11 is 0. The predicted octanol–water partition coefficient (Wildman–Crippen LogP) is 1.19. The summed E-state index contributed by atoms with van der Waals surface area (Å²) in [5.41, 5.74) is 7.50. The predicted molar refractivity (Wildman–Crippen MR) is 62.7 cm³/mol. The van der Waals surface area contributed by atoms with E-state index in [-0.39, 0.29) is 5.92 Å².